The van der Waals surface area contributed by atoms with E-state index in [9.17, 15) is 0 Å². The van der Waals surface area contributed by atoms with Gasteiger partial charge in [-0.2, -0.15) is 5.10 Å². The van der Waals surface area contributed by atoms with Gasteiger partial charge in [0.2, 0.25) is 0 Å². The van der Waals surface area contributed by atoms with Crippen LogP contribution >= 0.6 is 0 Å². The van der Waals surface area contributed by atoms with E-state index >= 15 is 0 Å². The highest BCUT2D eigenvalue weighted by atomic mass is 16.2. The van der Waals surface area contributed by atoms with E-state index in [0.717, 1.165) is 31.4 Å². The van der Waals surface area contributed by atoms with E-state index in [1.807, 2.05) is 19.4 Å². The van der Waals surface area contributed by atoms with Crippen molar-refractivity contribution in [2.24, 2.45) is 12.8 Å². The standard InChI is InChI=1S/C11H22N4O/c1-15-9-10(8-14-15)11(7-12)13-5-3-2-4-6-16/h8-9,11,13,16H,2-7,12H2,1H3. The first-order valence-electron chi connectivity index (χ1n) is 5.80. The van der Waals surface area contributed by atoms with Crippen LogP contribution in [0.4, 0.5) is 0 Å². The Labute approximate surface area is 96.6 Å². The van der Waals surface area contributed by atoms with Crippen LogP contribution in [0.15, 0.2) is 12.4 Å². The summed E-state index contributed by atoms with van der Waals surface area (Å²) >= 11 is 0. The van der Waals surface area contributed by atoms with Gasteiger partial charge in [0.15, 0.2) is 0 Å². The normalized spacial score (nSPS) is 12.9. The summed E-state index contributed by atoms with van der Waals surface area (Å²) in [5.41, 5.74) is 6.85. The molecule has 4 N–H and O–H groups in total. The van der Waals surface area contributed by atoms with Gasteiger partial charge in [0, 0.05) is 38.0 Å². The number of aliphatic hydroxyl groups excluding tert-OH is 1. The summed E-state index contributed by atoms with van der Waals surface area (Å²) in [6.45, 7) is 1.78. The van der Waals surface area contributed by atoms with Crippen molar-refractivity contribution in [3.8, 4) is 0 Å². The Bertz CT molecular complexity index is 287. The molecule has 0 aliphatic heterocycles. The second kappa shape index (κ2) is 7.38. The van der Waals surface area contributed by atoms with Crippen LogP contribution in [0.5, 0.6) is 0 Å². The largest absolute Gasteiger partial charge is 0.396 e. The predicted molar refractivity (Wildman–Crippen MR) is 63.9 cm³/mol. The van der Waals surface area contributed by atoms with Gasteiger partial charge in [-0.05, 0) is 25.8 Å². The fourth-order valence-corrected chi connectivity index (χ4v) is 1.65. The summed E-state index contributed by atoms with van der Waals surface area (Å²) in [4.78, 5) is 0. The average Bonchev–Trinajstić information content (AvgIpc) is 2.70. The molecule has 0 saturated heterocycles. The Morgan fingerprint density at radius 3 is 2.88 bits per heavy atom. The highest BCUT2D eigenvalue weighted by Crippen LogP contribution is 2.09. The maximum atomic E-state index is 8.65. The topological polar surface area (TPSA) is 76.1 Å². The molecule has 16 heavy (non-hydrogen) atoms. The maximum absolute atomic E-state index is 8.65. The number of nitrogens with zero attached hydrogens (tertiary/aromatic N) is 2. The van der Waals surface area contributed by atoms with Crippen molar-refractivity contribution < 1.29 is 5.11 Å². The Morgan fingerprint density at radius 1 is 1.50 bits per heavy atom. The SMILES string of the molecule is Cn1cc(C(CN)NCCCCCO)cn1. The molecule has 1 aromatic heterocycles. The molecule has 1 heterocycles. The van der Waals surface area contributed by atoms with E-state index in [1.54, 1.807) is 4.68 Å². The fraction of sp³-hybridized carbons (Fsp3) is 0.727. The van der Waals surface area contributed by atoms with Crippen LogP contribution in [0, 0.1) is 0 Å². The summed E-state index contributed by atoms with van der Waals surface area (Å²) in [7, 11) is 1.90. The van der Waals surface area contributed by atoms with Gasteiger partial charge in [-0.15, -0.1) is 0 Å². The number of nitrogens with one attached hydrogen (secondary N) is 1. The van der Waals surface area contributed by atoms with Crippen LogP contribution in [-0.4, -0.2) is 34.6 Å². The first kappa shape index (κ1) is 13.2. The molecule has 0 amide bonds. The quantitative estimate of drug-likeness (QED) is 0.552. The first-order valence-corrected chi connectivity index (χ1v) is 5.80. The zero-order chi connectivity index (χ0) is 11.8. The van der Waals surface area contributed by atoms with E-state index in [0.29, 0.717) is 6.54 Å². The van der Waals surface area contributed by atoms with Crippen LogP contribution in [0.2, 0.25) is 0 Å². The number of aryl methyl sites for hydroxylation is 1. The lowest BCUT2D eigenvalue weighted by atomic mass is 10.1. The van der Waals surface area contributed by atoms with E-state index in [4.69, 9.17) is 10.8 Å². The zero-order valence-electron chi connectivity index (χ0n) is 9.89. The third kappa shape index (κ3) is 4.30. The number of rotatable bonds is 8. The molecule has 0 aromatic carbocycles. The summed E-state index contributed by atoms with van der Waals surface area (Å²) in [5.74, 6) is 0. The fourth-order valence-electron chi connectivity index (χ4n) is 1.65. The van der Waals surface area contributed by atoms with Gasteiger partial charge in [-0.3, -0.25) is 4.68 Å². The van der Waals surface area contributed by atoms with Gasteiger partial charge >= 0.3 is 0 Å². The molecule has 1 rings (SSSR count). The van der Waals surface area contributed by atoms with E-state index < -0.39 is 0 Å². The minimum Gasteiger partial charge on any atom is -0.396 e. The Balaban J connectivity index is 2.27. The number of nitrogens with two attached hydrogens (primary N) is 1. The molecule has 0 saturated carbocycles. The number of unbranched alkanes of at least 4 members (excludes halogenated alkanes) is 2. The molecule has 5 nitrogen and oxygen atoms in total. The van der Waals surface area contributed by atoms with Gasteiger partial charge in [0.25, 0.3) is 0 Å². The summed E-state index contributed by atoms with van der Waals surface area (Å²) in [5, 5.41) is 16.2. The van der Waals surface area contributed by atoms with E-state index in [-0.39, 0.29) is 12.6 Å². The monoisotopic (exact) mass is 226 g/mol. The van der Waals surface area contributed by atoms with Crippen molar-refractivity contribution in [2.75, 3.05) is 19.7 Å². The molecule has 92 valence electrons. The van der Waals surface area contributed by atoms with Crippen molar-refractivity contribution >= 4 is 0 Å². The van der Waals surface area contributed by atoms with E-state index in [2.05, 4.69) is 10.4 Å². The maximum Gasteiger partial charge on any atom is 0.0538 e. The average molecular weight is 226 g/mol. The van der Waals surface area contributed by atoms with Gasteiger partial charge in [-0.1, -0.05) is 0 Å². The number of aromatic nitrogens is 2. The second-order valence-corrected chi connectivity index (χ2v) is 3.97. The first-order chi connectivity index (χ1) is 7.77. The van der Waals surface area contributed by atoms with Crippen LogP contribution < -0.4 is 11.1 Å². The molecule has 5 heteroatoms. The lowest BCUT2D eigenvalue weighted by Gasteiger charge is -2.14. The summed E-state index contributed by atoms with van der Waals surface area (Å²) in [6.07, 6.45) is 6.82. The third-order valence-corrected chi connectivity index (χ3v) is 2.59. The zero-order valence-corrected chi connectivity index (χ0v) is 9.89. The number of hydrogen-bond donors (Lipinski definition) is 3. The van der Waals surface area contributed by atoms with Crippen LogP contribution in [0.25, 0.3) is 0 Å². The van der Waals surface area contributed by atoms with Crippen LogP contribution in [-0.2, 0) is 7.05 Å². The van der Waals surface area contributed by atoms with Crippen molar-refractivity contribution in [1.82, 2.24) is 15.1 Å². The lowest BCUT2D eigenvalue weighted by molar-refractivity contribution is 0.282. The molecule has 1 atom stereocenters. The minimum absolute atomic E-state index is 0.183. The molecule has 1 aromatic rings. The van der Waals surface area contributed by atoms with Crippen molar-refractivity contribution in [3.63, 3.8) is 0 Å². The molecule has 1 unspecified atom stereocenters. The number of hydrogen-bond acceptors (Lipinski definition) is 4. The lowest BCUT2D eigenvalue weighted by Crippen LogP contribution is -2.28. The van der Waals surface area contributed by atoms with Crippen LogP contribution in [0.3, 0.4) is 0 Å². The molecule has 0 aliphatic carbocycles. The van der Waals surface area contributed by atoms with Crippen molar-refractivity contribution in [2.45, 2.75) is 25.3 Å². The van der Waals surface area contributed by atoms with Crippen LogP contribution in [0.1, 0.15) is 30.9 Å². The molecular weight excluding hydrogens is 204 g/mol. The Kier molecular flexibility index (Phi) is 6.07. The van der Waals surface area contributed by atoms with Gasteiger partial charge < -0.3 is 16.2 Å². The molecular formula is C11H22N4O. The van der Waals surface area contributed by atoms with Gasteiger partial charge in [0.1, 0.15) is 0 Å². The van der Waals surface area contributed by atoms with Gasteiger partial charge in [0.05, 0.1) is 6.20 Å². The molecule has 0 aliphatic rings. The second-order valence-electron chi connectivity index (χ2n) is 3.97. The van der Waals surface area contributed by atoms with Crippen molar-refractivity contribution in [3.05, 3.63) is 18.0 Å². The summed E-state index contributed by atoms with van der Waals surface area (Å²) in [6, 6.07) is 0.183. The molecule has 0 spiro atoms. The van der Waals surface area contributed by atoms with Gasteiger partial charge in [-0.25, -0.2) is 0 Å². The predicted octanol–water partition coefficient (Wildman–Crippen LogP) is 0.172. The molecule has 0 fully saturated rings. The highest BCUT2D eigenvalue weighted by Gasteiger charge is 2.09. The minimum atomic E-state index is 0.183. The van der Waals surface area contributed by atoms with Crippen molar-refractivity contribution in [1.29, 1.82) is 0 Å². The Hall–Kier alpha value is -0.910. The smallest absolute Gasteiger partial charge is 0.0538 e. The third-order valence-electron chi connectivity index (χ3n) is 2.59. The van der Waals surface area contributed by atoms with E-state index in [1.165, 1.54) is 0 Å². The molecule has 0 radical (unpaired) electrons. The molecule has 0 bridgehead atoms. The highest BCUT2D eigenvalue weighted by molar-refractivity contribution is 5.10. The number of aliphatic hydroxyl groups is 1. The summed E-state index contributed by atoms with van der Waals surface area (Å²) < 4.78 is 1.78. The Morgan fingerprint density at radius 2 is 2.31 bits per heavy atom.